The summed E-state index contributed by atoms with van der Waals surface area (Å²) >= 11 is 0. The Morgan fingerprint density at radius 3 is 2.26 bits per heavy atom. The van der Waals surface area contributed by atoms with Gasteiger partial charge in [0.05, 0.1) is 11.3 Å². The SMILES string of the molecule is CC[C@H](C(=O)NC(C)(C)C)N(CCc1ccccc1)C(=O)Cc1ccccc1[N+](=O)[O-]. The largest absolute Gasteiger partial charge is 0.350 e. The molecule has 0 aliphatic heterocycles. The zero-order valence-corrected chi connectivity index (χ0v) is 18.6. The molecular formula is C24H31N3O4. The molecule has 0 spiro atoms. The van der Waals surface area contributed by atoms with Crippen molar-refractivity contribution in [3.8, 4) is 0 Å². The zero-order chi connectivity index (χ0) is 23.0. The van der Waals surface area contributed by atoms with Crippen molar-refractivity contribution in [2.24, 2.45) is 0 Å². The molecule has 2 amide bonds. The molecule has 1 atom stereocenters. The smallest absolute Gasteiger partial charge is 0.273 e. The summed E-state index contributed by atoms with van der Waals surface area (Å²) in [6, 6.07) is 15.3. The molecule has 31 heavy (non-hydrogen) atoms. The van der Waals surface area contributed by atoms with Gasteiger partial charge >= 0.3 is 0 Å². The van der Waals surface area contributed by atoms with Gasteiger partial charge in [0.2, 0.25) is 11.8 Å². The molecular weight excluding hydrogens is 394 g/mol. The van der Waals surface area contributed by atoms with E-state index in [-0.39, 0.29) is 23.9 Å². The molecule has 7 nitrogen and oxygen atoms in total. The highest BCUT2D eigenvalue weighted by Crippen LogP contribution is 2.20. The molecule has 0 radical (unpaired) electrons. The van der Waals surface area contributed by atoms with Crippen LogP contribution in [0.5, 0.6) is 0 Å². The van der Waals surface area contributed by atoms with Crippen LogP contribution in [0.15, 0.2) is 54.6 Å². The number of carbonyl (C=O) groups is 2. The van der Waals surface area contributed by atoms with Gasteiger partial charge in [-0.1, -0.05) is 55.5 Å². The average Bonchev–Trinajstić information content (AvgIpc) is 2.70. The van der Waals surface area contributed by atoms with Crippen molar-refractivity contribution in [1.29, 1.82) is 0 Å². The molecule has 166 valence electrons. The van der Waals surface area contributed by atoms with E-state index in [4.69, 9.17) is 0 Å². The van der Waals surface area contributed by atoms with E-state index in [2.05, 4.69) is 5.32 Å². The maximum Gasteiger partial charge on any atom is 0.273 e. The quantitative estimate of drug-likeness (QED) is 0.487. The standard InChI is InChI=1S/C24H31N3O4/c1-5-20(23(29)25-24(2,3)4)26(16-15-18-11-7-6-8-12-18)22(28)17-19-13-9-10-14-21(19)27(30)31/h6-14,20H,5,15-17H2,1-4H3,(H,25,29)/t20-/m1/s1. The van der Waals surface area contributed by atoms with Gasteiger partial charge in [-0.25, -0.2) is 0 Å². The Hall–Kier alpha value is -3.22. The monoisotopic (exact) mass is 425 g/mol. The lowest BCUT2D eigenvalue weighted by Gasteiger charge is -2.33. The first-order valence-electron chi connectivity index (χ1n) is 10.5. The lowest BCUT2D eigenvalue weighted by molar-refractivity contribution is -0.385. The third-order valence-electron chi connectivity index (χ3n) is 4.90. The first-order chi connectivity index (χ1) is 14.6. The van der Waals surface area contributed by atoms with Crippen molar-refractivity contribution in [2.75, 3.05) is 6.54 Å². The number of hydrogen-bond donors (Lipinski definition) is 1. The lowest BCUT2D eigenvalue weighted by atomic mass is 10.0. The summed E-state index contributed by atoms with van der Waals surface area (Å²) in [5.74, 6) is -0.528. The normalized spacial score (nSPS) is 12.1. The second kappa shape index (κ2) is 10.7. The first-order valence-corrected chi connectivity index (χ1v) is 10.5. The Labute approximate surface area is 183 Å². The molecule has 7 heteroatoms. The van der Waals surface area contributed by atoms with Crippen molar-refractivity contribution >= 4 is 17.5 Å². The van der Waals surface area contributed by atoms with Gasteiger partial charge in [-0.05, 0) is 39.2 Å². The molecule has 0 unspecified atom stereocenters. The summed E-state index contributed by atoms with van der Waals surface area (Å²) in [7, 11) is 0. The van der Waals surface area contributed by atoms with Crippen LogP contribution in [0.25, 0.3) is 0 Å². The minimum atomic E-state index is -0.654. The molecule has 2 aromatic rings. The van der Waals surface area contributed by atoms with E-state index in [1.165, 1.54) is 6.07 Å². The summed E-state index contributed by atoms with van der Waals surface area (Å²) in [5, 5.41) is 14.3. The Bertz CT molecular complexity index is 907. The van der Waals surface area contributed by atoms with Crippen molar-refractivity contribution in [1.82, 2.24) is 10.2 Å². The van der Waals surface area contributed by atoms with Crippen LogP contribution in [0.4, 0.5) is 5.69 Å². The number of nitro groups is 1. The molecule has 0 fully saturated rings. The van der Waals surface area contributed by atoms with Crippen LogP contribution in [-0.4, -0.2) is 39.8 Å². The Kier molecular flexibility index (Phi) is 8.30. The van der Waals surface area contributed by atoms with E-state index in [0.29, 0.717) is 24.9 Å². The van der Waals surface area contributed by atoms with E-state index in [1.54, 1.807) is 23.1 Å². The topological polar surface area (TPSA) is 92.6 Å². The van der Waals surface area contributed by atoms with Crippen LogP contribution in [-0.2, 0) is 22.4 Å². The summed E-state index contributed by atoms with van der Waals surface area (Å²) in [6.45, 7) is 7.88. The third kappa shape index (κ3) is 7.20. The Balaban J connectivity index is 2.30. The van der Waals surface area contributed by atoms with Gasteiger partial charge in [0.15, 0.2) is 0 Å². The summed E-state index contributed by atoms with van der Waals surface area (Å²) < 4.78 is 0. The highest BCUT2D eigenvalue weighted by Gasteiger charge is 2.31. The van der Waals surface area contributed by atoms with Gasteiger partial charge in [-0.15, -0.1) is 0 Å². The number of amides is 2. The van der Waals surface area contributed by atoms with Gasteiger partial charge in [0.1, 0.15) is 6.04 Å². The molecule has 0 aliphatic carbocycles. The minimum absolute atomic E-state index is 0.0916. The molecule has 0 heterocycles. The predicted molar refractivity (Wildman–Crippen MR) is 121 cm³/mol. The molecule has 0 bridgehead atoms. The van der Waals surface area contributed by atoms with Gasteiger partial charge < -0.3 is 10.2 Å². The maximum absolute atomic E-state index is 13.3. The third-order valence-corrected chi connectivity index (χ3v) is 4.90. The summed E-state index contributed by atoms with van der Waals surface area (Å²) in [4.78, 5) is 38.7. The van der Waals surface area contributed by atoms with Crippen LogP contribution < -0.4 is 5.32 Å². The van der Waals surface area contributed by atoms with Crippen molar-refractivity contribution in [3.05, 3.63) is 75.8 Å². The molecule has 0 aromatic heterocycles. The second-order valence-corrected chi connectivity index (χ2v) is 8.55. The number of hydrogen-bond acceptors (Lipinski definition) is 4. The second-order valence-electron chi connectivity index (χ2n) is 8.55. The number of carbonyl (C=O) groups excluding carboxylic acids is 2. The van der Waals surface area contributed by atoms with Gasteiger partial charge in [0, 0.05) is 23.7 Å². The van der Waals surface area contributed by atoms with E-state index < -0.39 is 16.5 Å². The fourth-order valence-electron chi connectivity index (χ4n) is 3.45. The summed E-state index contributed by atoms with van der Waals surface area (Å²) in [6.07, 6.45) is 0.896. The van der Waals surface area contributed by atoms with Crippen LogP contribution in [0, 0.1) is 10.1 Å². The molecule has 1 N–H and O–H groups in total. The van der Waals surface area contributed by atoms with Crippen molar-refractivity contribution in [3.63, 3.8) is 0 Å². The Morgan fingerprint density at radius 2 is 1.68 bits per heavy atom. The highest BCUT2D eigenvalue weighted by molar-refractivity contribution is 5.89. The number of benzene rings is 2. The number of nitrogens with zero attached hydrogens (tertiary/aromatic N) is 2. The first kappa shape index (κ1) is 24.1. The zero-order valence-electron chi connectivity index (χ0n) is 18.6. The van der Waals surface area contributed by atoms with Crippen LogP contribution in [0.3, 0.4) is 0 Å². The van der Waals surface area contributed by atoms with Gasteiger partial charge in [0.25, 0.3) is 5.69 Å². The molecule has 0 saturated heterocycles. The molecule has 2 aromatic carbocycles. The van der Waals surface area contributed by atoms with Gasteiger partial charge in [-0.2, -0.15) is 0 Å². The number of para-hydroxylation sites is 1. The van der Waals surface area contributed by atoms with E-state index in [0.717, 1.165) is 5.56 Å². The number of rotatable bonds is 9. The van der Waals surface area contributed by atoms with Gasteiger partial charge in [-0.3, -0.25) is 19.7 Å². The minimum Gasteiger partial charge on any atom is -0.350 e. The molecule has 0 saturated carbocycles. The maximum atomic E-state index is 13.3. The van der Waals surface area contributed by atoms with Crippen molar-refractivity contribution < 1.29 is 14.5 Å². The number of nitrogens with one attached hydrogen (secondary N) is 1. The predicted octanol–water partition coefficient (Wildman–Crippen LogP) is 3.90. The van der Waals surface area contributed by atoms with E-state index >= 15 is 0 Å². The fraction of sp³-hybridized carbons (Fsp3) is 0.417. The Morgan fingerprint density at radius 1 is 1.06 bits per heavy atom. The van der Waals surface area contributed by atoms with E-state index in [1.807, 2.05) is 58.0 Å². The fourth-order valence-corrected chi connectivity index (χ4v) is 3.45. The highest BCUT2D eigenvalue weighted by atomic mass is 16.6. The lowest BCUT2D eigenvalue weighted by Crippen LogP contribution is -2.54. The average molecular weight is 426 g/mol. The van der Waals surface area contributed by atoms with Crippen LogP contribution >= 0.6 is 0 Å². The van der Waals surface area contributed by atoms with Crippen LogP contribution in [0.1, 0.15) is 45.2 Å². The van der Waals surface area contributed by atoms with E-state index in [9.17, 15) is 19.7 Å². The van der Waals surface area contributed by atoms with Crippen molar-refractivity contribution in [2.45, 2.75) is 58.5 Å². The summed E-state index contributed by atoms with van der Waals surface area (Å²) in [5.41, 5.74) is 0.869. The molecule has 0 aliphatic rings. The molecule has 2 rings (SSSR count). The van der Waals surface area contributed by atoms with Crippen LogP contribution in [0.2, 0.25) is 0 Å². The number of nitro benzene ring substituents is 1.